The van der Waals surface area contributed by atoms with Crippen molar-refractivity contribution in [3.8, 4) is 0 Å². The minimum Gasteiger partial charge on any atom is -0.478 e. The van der Waals surface area contributed by atoms with Crippen molar-refractivity contribution in [2.24, 2.45) is 0 Å². The maximum atomic E-state index is 13.8. The molecule has 5 heteroatoms. The molecule has 0 spiro atoms. The molecule has 1 aromatic carbocycles. The molecule has 20 heavy (non-hydrogen) atoms. The number of carbonyl (C=O) groups is 1. The summed E-state index contributed by atoms with van der Waals surface area (Å²) < 4.78 is 13.8. The van der Waals surface area contributed by atoms with E-state index >= 15 is 0 Å². The van der Waals surface area contributed by atoms with Gasteiger partial charge in [0.1, 0.15) is 5.82 Å². The van der Waals surface area contributed by atoms with E-state index in [1.807, 2.05) is 18.7 Å². The van der Waals surface area contributed by atoms with Gasteiger partial charge < -0.3 is 15.7 Å². The van der Waals surface area contributed by atoms with E-state index in [4.69, 9.17) is 10.8 Å². The van der Waals surface area contributed by atoms with Gasteiger partial charge >= 0.3 is 5.97 Å². The maximum Gasteiger partial charge on any atom is 0.338 e. The number of benzene rings is 1. The number of nitrogens with two attached hydrogens (primary N) is 1. The molecule has 0 fully saturated rings. The number of hydrogen-bond donors (Lipinski definition) is 2. The van der Waals surface area contributed by atoms with Gasteiger partial charge in [0.05, 0.1) is 16.9 Å². The van der Waals surface area contributed by atoms with Crippen LogP contribution in [0.2, 0.25) is 0 Å². The van der Waals surface area contributed by atoms with Crippen molar-refractivity contribution in [2.75, 3.05) is 17.2 Å². The quantitative estimate of drug-likeness (QED) is 0.593. The summed E-state index contributed by atoms with van der Waals surface area (Å²) in [7, 11) is 0. The Balaban J connectivity index is 3.08. The number of carboxylic acid groups (broad SMARTS) is 1. The molecule has 1 rings (SSSR count). The summed E-state index contributed by atoms with van der Waals surface area (Å²) in [6.45, 7) is 6.92. The molecule has 0 aromatic heterocycles. The molecule has 0 unspecified atom stereocenters. The van der Waals surface area contributed by atoms with Crippen LogP contribution in [-0.2, 0) is 0 Å². The highest BCUT2D eigenvalue weighted by Gasteiger charge is 2.18. The standard InChI is InChI=1S/C15H23FN2O2/c1-4-5-6-7-18(10(2)3)14-9-12(16)11(15(19)20)8-13(14)17/h8-10H,4-7,17H2,1-3H3,(H,19,20). The average Bonchev–Trinajstić information content (AvgIpc) is 2.36. The largest absolute Gasteiger partial charge is 0.478 e. The average molecular weight is 282 g/mol. The summed E-state index contributed by atoms with van der Waals surface area (Å²) >= 11 is 0. The fraction of sp³-hybridized carbons (Fsp3) is 0.533. The lowest BCUT2D eigenvalue weighted by molar-refractivity contribution is 0.0692. The van der Waals surface area contributed by atoms with Crippen molar-refractivity contribution in [3.63, 3.8) is 0 Å². The van der Waals surface area contributed by atoms with Crippen molar-refractivity contribution in [1.82, 2.24) is 0 Å². The van der Waals surface area contributed by atoms with Gasteiger partial charge in [-0.3, -0.25) is 0 Å². The lowest BCUT2D eigenvalue weighted by Gasteiger charge is -2.30. The number of aromatic carboxylic acids is 1. The highest BCUT2D eigenvalue weighted by Crippen LogP contribution is 2.28. The molecule has 0 aliphatic heterocycles. The number of rotatable bonds is 7. The fourth-order valence-electron chi connectivity index (χ4n) is 2.18. The molecule has 0 saturated carbocycles. The lowest BCUT2D eigenvalue weighted by Crippen LogP contribution is -2.32. The van der Waals surface area contributed by atoms with E-state index in [9.17, 15) is 9.18 Å². The number of carboxylic acids is 1. The van der Waals surface area contributed by atoms with E-state index in [2.05, 4.69) is 6.92 Å². The van der Waals surface area contributed by atoms with E-state index in [0.717, 1.165) is 25.8 Å². The van der Waals surface area contributed by atoms with Gasteiger partial charge in [0, 0.05) is 18.7 Å². The van der Waals surface area contributed by atoms with Gasteiger partial charge in [0.25, 0.3) is 0 Å². The summed E-state index contributed by atoms with van der Waals surface area (Å²) in [6, 6.07) is 2.59. The van der Waals surface area contributed by atoms with Gasteiger partial charge in [-0.2, -0.15) is 0 Å². The first-order chi connectivity index (χ1) is 9.38. The molecule has 0 atom stereocenters. The molecular formula is C15H23FN2O2. The Bertz CT molecular complexity index is 475. The number of anilines is 2. The van der Waals surface area contributed by atoms with Crippen LogP contribution in [0.25, 0.3) is 0 Å². The number of unbranched alkanes of at least 4 members (excludes halogenated alkanes) is 2. The van der Waals surface area contributed by atoms with Crippen LogP contribution >= 0.6 is 0 Å². The third-order valence-corrected chi connectivity index (χ3v) is 3.28. The zero-order chi connectivity index (χ0) is 15.3. The van der Waals surface area contributed by atoms with Gasteiger partial charge in [-0.25, -0.2) is 9.18 Å². The number of halogens is 1. The smallest absolute Gasteiger partial charge is 0.338 e. The molecule has 112 valence electrons. The van der Waals surface area contributed by atoms with E-state index in [1.165, 1.54) is 12.1 Å². The summed E-state index contributed by atoms with van der Waals surface area (Å²) in [4.78, 5) is 12.9. The summed E-state index contributed by atoms with van der Waals surface area (Å²) in [5.74, 6) is -2.05. The number of hydrogen-bond acceptors (Lipinski definition) is 3. The Kier molecular flexibility index (Phi) is 5.80. The molecule has 0 aliphatic rings. The first-order valence-electron chi connectivity index (χ1n) is 6.97. The lowest BCUT2D eigenvalue weighted by atomic mass is 10.1. The Labute approximate surface area is 119 Å². The predicted molar refractivity (Wildman–Crippen MR) is 79.8 cm³/mol. The van der Waals surface area contributed by atoms with Gasteiger partial charge in [0.15, 0.2) is 0 Å². The van der Waals surface area contributed by atoms with Gasteiger partial charge in [-0.05, 0) is 26.3 Å². The number of nitrogens with zero attached hydrogens (tertiary/aromatic N) is 1. The van der Waals surface area contributed by atoms with E-state index < -0.39 is 11.8 Å². The zero-order valence-corrected chi connectivity index (χ0v) is 12.3. The van der Waals surface area contributed by atoms with Crippen LogP contribution in [0, 0.1) is 5.82 Å². The van der Waals surface area contributed by atoms with Gasteiger partial charge in [-0.1, -0.05) is 19.8 Å². The fourth-order valence-corrected chi connectivity index (χ4v) is 2.18. The van der Waals surface area contributed by atoms with Crippen molar-refractivity contribution < 1.29 is 14.3 Å². The van der Waals surface area contributed by atoms with Gasteiger partial charge in [-0.15, -0.1) is 0 Å². The van der Waals surface area contributed by atoms with Crippen LogP contribution in [0.15, 0.2) is 12.1 Å². The minimum atomic E-state index is -1.30. The maximum absolute atomic E-state index is 13.8. The first kappa shape index (κ1) is 16.3. The van der Waals surface area contributed by atoms with Crippen LogP contribution in [-0.4, -0.2) is 23.7 Å². The second-order valence-electron chi connectivity index (χ2n) is 5.19. The van der Waals surface area contributed by atoms with Gasteiger partial charge in [0.2, 0.25) is 0 Å². The Morgan fingerprint density at radius 1 is 1.40 bits per heavy atom. The van der Waals surface area contributed by atoms with Crippen molar-refractivity contribution in [2.45, 2.75) is 46.1 Å². The molecule has 0 saturated heterocycles. The molecule has 0 heterocycles. The molecule has 0 aliphatic carbocycles. The second kappa shape index (κ2) is 7.12. The molecule has 4 nitrogen and oxygen atoms in total. The highest BCUT2D eigenvalue weighted by atomic mass is 19.1. The summed E-state index contributed by atoms with van der Waals surface area (Å²) in [5, 5.41) is 8.89. The minimum absolute atomic E-state index is 0.171. The molecule has 3 N–H and O–H groups in total. The normalized spacial score (nSPS) is 10.8. The molecule has 1 aromatic rings. The monoisotopic (exact) mass is 282 g/mol. The predicted octanol–water partition coefficient (Wildman–Crippen LogP) is 3.51. The van der Waals surface area contributed by atoms with E-state index in [-0.39, 0.29) is 11.6 Å². The Morgan fingerprint density at radius 3 is 2.55 bits per heavy atom. The van der Waals surface area contributed by atoms with Crippen LogP contribution in [0.5, 0.6) is 0 Å². The van der Waals surface area contributed by atoms with E-state index in [0.29, 0.717) is 11.4 Å². The summed E-state index contributed by atoms with van der Waals surface area (Å²) in [5.41, 5.74) is 6.38. The third-order valence-electron chi connectivity index (χ3n) is 3.28. The second-order valence-corrected chi connectivity index (χ2v) is 5.19. The molecule has 0 amide bonds. The summed E-state index contributed by atoms with van der Waals surface area (Å²) in [6.07, 6.45) is 3.20. The Morgan fingerprint density at radius 2 is 2.05 bits per heavy atom. The third kappa shape index (κ3) is 3.85. The highest BCUT2D eigenvalue weighted by molar-refractivity contribution is 5.91. The molecule has 0 bridgehead atoms. The van der Waals surface area contributed by atoms with Crippen LogP contribution < -0.4 is 10.6 Å². The van der Waals surface area contributed by atoms with Crippen LogP contribution in [0.1, 0.15) is 50.4 Å². The topological polar surface area (TPSA) is 66.6 Å². The van der Waals surface area contributed by atoms with Crippen molar-refractivity contribution in [3.05, 3.63) is 23.5 Å². The van der Waals surface area contributed by atoms with Crippen LogP contribution in [0.4, 0.5) is 15.8 Å². The SMILES string of the molecule is CCCCCN(c1cc(F)c(C(=O)O)cc1N)C(C)C. The van der Waals surface area contributed by atoms with Crippen molar-refractivity contribution in [1.29, 1.82) is 0 Å². The zero-order valence-electron chi connectivity index (χ0n) is 12.3. The van der Waals surface area contributed by atoms with Crippen LogP contribution in [0.3, 0.4) is 0 Å². The first-order valence-corrected chi connectivity index (χ1v) is 6.97. The molecular weight excluding hydrogens is 259 g/mol. The Hall–Kier alpha value is -1.78. The van der Waals surface area contributed by atoms with Crippen molar-refractivity contribution >= 4 is 17.3 Å². The molecule has 0 radical (unpaired) electrons. The number of nitrogen functional groups attached to an aromatic ring is 1. The van der Waals surface area contributed by atoms with E-state index in [1.54, 1.807) is 0 Å².